The van der Waals surface area contributed by atoms with Crippen LogP contribution in [0.15, 0.2) is 48.5 Å². The van der Waals surface area contributed by atoms with Crippen molar-refractivity contribution in [2.24, 2.45) is 0 Å². The zero-order valence-electron chi connectivity index (χ0n) is 13.4. The molecule has 0 saturated heterocycles. The maximum Gasteiger partial charge on any atom is 0.119 e. The van der Waals surface area contributed by atoms with Crippen molar-refractivity contribution in [3.8, 4) is 5.75 Å². The molecule has 0 fully saturated rings. The number of benzene rings is 2. The van der Waals surface area contributed by atoms with Gasteiger partial charge < -0.3 is 10.1 Å². The quantitative estimate of drug-likeness (QED) is 0.785. The van der Waals surface area contributed by atoms with E-state index < -0.39 is 0 Å². The molecule has 0 bridgehead atoms. The summed E-state index contributed by atoms with van der Waals surface area (Å²) < 4.78 is 5.66. The Hall–Kier alpha value is -1.96. The van der Waals surface area contributed by atoms with Crippen LogP contribution in [0.25, 0.3) is 0 Å². The van der Waals surface area contributed by atoms with Crippen LogP contribution in [0.2, 0.25) is 0 Å². The highest BCUT2D eigenvalue weighted by molar-refractivity contribution is 5.52. The molecule has 2 aromatic rings. The minimum Gasteiger partial charge on any atom is -0.491 e. The van der Waals surface area contributed by atoms with Gasteiger partial charge in [0.2, 0.25) is 0 Å². The molecule has 0 radical (unpaired) electrons. The molecular weight excluding hydrogens is 258 g/mol. The number of para-hydroxylation sites is 1. The number of hydrogen-bond acceptors (Lipinski definition) is 2. The summed E-state index contributed by atoms with van der Waals surface area (Å²) in [6.45, 7) is 9.35. The van der Waals surface area contributed by atoms with E-state index >= 15 is 0 Å². The van der Waals surface area contributed by atoms with Crippen molar-refractivity contribution in [1.29, 1.82) is 0 Å². The average Bonchev–Trinajstić information content (AvgIpc) is 2.46. The zero-order valence-corrected chi connectivity index (χ0v) is 13.4. The van der Waals surface area contributed by atoms with Crippen LogP contribution in [0.5, 0.6) is 5.75 Å². The number of hydrogen-bond donors (Lipinski definition) is 1. The molecule has 0 atom stereocenters. The summed E-state index contributed by atoms with van der Waals surface area (Å²) in [6, 6.07) is 16.8. The Morgan fingerprint density at radius 1 is 0.905 bits per heavy atom. The second-order valence-corrected chi connectivity index (χ2v) is 5.91. The van der Waals surface area contributed by atoms with Gasteiger partial charge in [0.15, 0.2) is 0 Å². The second kappa shape index (κ2) is 7.16. The van der Waals surface area contributed by atoms with Crippen molar-refractivity contribution >= 4 is 5.69 Å². The first kappa shape index (κ1) is 15.4. The lowest BCUT2D eigenvalue weighted by atomic mass is 10.0. The third kappa shape index (κ3) is 4.52. The molecule has 0 aliphatic carbocycles. The van der Waals surface area contributed by atoms with E-state index in [-0.39, 0.29) is 6.10 Å². The highest BCUT2D eigenvalue weighted by Gasteiger charge is 2.05. The minimum atomic E-state index is 0.215. The standard InChI is InChI=1S/C19H25NO/c1-14(2)18-7-5-6-8-19(18)20-13-16-9-11-17(12-10-16)21-15(3)4/h5-12,14-15,20H,13H2,1-4H3. The first-order chi connectivity index (χ1) is 10.1. The fourth-order valence-corrected chi connectivity index (χ4v) is 2.32. The topological polar surface area (TPSA) is 21.3 Å². The monoisotopic (exact) mass is 283 g/mol. The summed E-state index contributed by atoms with van der Waals surface area (Å²) in [5.74, 6) is 1.45. The van der Waals surface area contributed by atoms with Crippen molar-refractivity contribution < 1.29 is 4.74 Å². The molecule has 0 heterocycles. The molecule has 2 aromatic carbocycles. The molecule has 0 spiro atoms. The van der Waals surface area contributed by atoms with E-state index in [1.54, 1.807) is 0 Å². The van der Waals surface area contributed by atoms with E-state index in [4.69, 9.17) is 4.74 Å². The predicted octanol–water partition coefficient (Wildman–Crippen LogP) is 5.21. The van der Waals surface area contributed by atoms with Crippen molar-refractivity contribution in [2.45, 2.75) is 46.3 Å². The molecule has 0 aliphatic rings. The summed E-state index contributed by atoms with van der Waals surface area (Å²) in [5.41, 5.74) is 3.83. The normalized spacial score (nSPS) is 11.0. The van der Waals surface area contributed by atoms with E-state index in [9.17, 15) is 0 Å². The Morgan fingerprint density at radius 2 is 1.57 bits per heavy atom. The lowest BCUT2D eigenvalue weighted by Crippen LogP contribution is -2.06. The fraction of sp³-hybridized carbons (Fsp3) is 0.368. The van der Waals surface area contributed by atoms with Crippen LogP contribution in [-0.2, 0) is 6.54 Å². The molecule has 21 heavy (non-hydrogen) atoms. The van der Waals surface area contributed by atoms with Crippen LogP contribution < -0.4 is 10.1 Å². The summed E-state index contributed by atoms with van der Waals surface area (Å²) >= 11 is 0. The Morgan fingerprint density at radius 3 is 2.19 bits per heavy atom. The van der Waals surface area contributed by atoms with Crippen molar-refractivity contribution in [3.05, 3.63) is 59.7 Å². The van der Waals surface area contributed by atoms with E-state index in [1.807, 2.05) is 26.0 Å². The molecular formula is C19H25NO. The zero-order chi connectivity index (χ0) is 15.2. The lowest BCUT2D eigenvalue weighted by Gasteiger charge is -2.15. The number of anilines is 1. The van der Waals surface area contributed by atoms with Gasteiger partial charge in [-0.15, -0.1) is 0 Å². The molecule has 112 valence electrons. The molecule has 0 saturated carbocycles. The molecule has 0 aromatic heterocycles. The van der Waals surface area contributed by atoms with Gasteiger partial charge in [-0.25, -0.2) is 0 Å². The van der Waals surface area contributed by atoms with Crippen molar-refractivity contribution in [2.75, 3.05) is 5.32 Å². The third-order valence-corrected chi connectivity index (χ3v) is 3.36. The van der Waals surface area contributed by atoms with Crippen LogP contribution in [0, 0.1) is 0 Å². The van der Waals surface area contributed by atoms with Crippen LogP contribution in [0.3, 0.4) is 0 Å². The number of ether oxygens (including phenoxy) is 1. The van der Waals surface area contributed by atoms with Gasteiger partial charge in [0, 0.05) is 12.2 Å². The van der Waals surface area contributed by atoms with Crippen LogP contribution in [0.4, 0.5) is 5.69 Å². The molecule has 0 amide bonds. The van der Waals surface area contributed by atoms with Gasteiger partial charge >= 0.3 is 0 Å². The summed E-state index contributed by atoms with van der Waals surface area (Å²) in [4.78, 5) is 0. The Kier molecular flexibility index (Phi) is 5.26. The lowest BCUT2D eigenvalue weighted by molar-refractivity contribution is 0.242. The van der Waals surface area contributed by atoms with Gasteiger partial charge in [0.05, 0.1) is 6.10 Å². The molecule has 1 N–H and O–H groups in total. The van der Waals surface area contributed by atoms with Gasteiger partial charge in [-0.1, -0.05) is 44.2 Å². The maximum absolute atomic E-state index is 5.66. The second-order valence-electron chi connectivity index (χ2n) is 5.91. The first-order valence-corrected chi connectivity index (χ1v) is 7.64. The molecule has 2 nitrogen and oxygen atoms in total. The van der Waals surface area contributed by atoms with E-state index in [0.29, 0.717) is 5.92 Å². The largest absolute Gasteiger partial charge is 0.491 e. The smallest absolute Gasteiger partial charge is 0.119 e. The van der Waals surface area contributed by atoms with Gasteiger partial charge in [0.1, 0.15) is 5.75 Å². The Bertz CT molecular complexity index is 558. The number of rotatable bonds is 6. The van der Waals surface area contributed by atoms with Crippen LogP contribution in [0.1, 0.15) is 44.7 Å². The van der Waals surface area contributed by atoms with Gasteiger partial charge in [0.25, 0.3) is 0 Å². The average molecular weight is 283 g/mol. The summed E-state index contributed by atoms with van der Waals surface area (Å²) in [7, 11) is 0. The maximum atomic E-state index is 5.66. The minimum absolute atomic E-state index is 0.215. The highest BCUT2D eigenvalue weighted by atomic mass is 16.5. The molecule has 0 aliphatic heterocycles. The number of nitrogens with one attached hydrogen (secondary N) is 1. The fourth-order valence-electron chi connectivity index (χ4n) is 2.32. The van der Waals surface area contributed by atoms with E-state index in [0.717, 1.165) is 12.3 Å². The summed E-state index contributed by atoms with van der Waals surface area (Å²) in [5, 5.41) is 3.53. The van der Waals surface area contributed by atoms with E-state index in [1.165, 1.54) is 16.8 Å². The molecule has 2 rings (SSSR count). The molecule has 0 unspecified atom stereocenters. The van der Waals surface area contributed by atoms with Gasteiger partial charge in [-0.05, 0) is 49.1 Å². The Balaban J connectivity index is 2.00. The van der Waals surface area contributed by atoms with Crippen molar-refractivity contribution in [1.82, 2.24) is 0 Å². The highest BCUT2D eigenvalue weighted by Crippen LogP contribution is 2.24. The SMILES string of the molecule is CC(C)Oc1ccc(CNc2ccccc2C(C)C)cc1. The summed E-state index contributed by atoms with van der Waals surface area (Å²) in [6.07, 6.45) is 0.215. The Labute approximate surface area is 128 Å². The first-order valence-electron chi connectivity index (χ1n) is 7.64. The predicted molar refractivity (Wildman–Crippen MR) is 90.1 cm³/mol. The van der Waals surface area contributed by atoms with Crippen LogP contribution in [-0.4, -0.2) is 6.10 Å². The van der Waals surface area contributed by atoms with Gasteiger partial charge in [-0.2, -0.15) is 0 Å². The van der Waals surface area contributed by atoms with E-state index in [2.05, 4.69) is 55.6 Å². The van der Waals surface area contributed by atoms with Gasteiger partial charge in [-0.3, -0.25) is 0 Å². The van der Waals surface area contributed by atoms with Crippen LogP contribution >= 0.6 is 0 Å². The molecule has 2 heteroatoms. The van der Waals surface area contributed by atoms with Crippen molar-refractivity contribution in [3.63, 3.8) is 0 Å². The third-order valence-electron chi connectivity index (χ3n) is 3.36.